The number of carbonyl (C=O) groups excluding carboxylic acids is 2. The number of hydrogen-bond acceptors (Lipinski definition) is 5. The normalized spacial score (nSPS) is 10.9. The van der Waals surface area contributed by atoms with Gasteiger partial charge >= 0.3 is 0 Å². The predicted octanol–water partition coefficient (Wildman–Crippen LogP) is 4.12. The monoisotopic (exact) mass is 486 g/mol. The molecule has 9 nitrogen and oxygen atoms in total. The number of aromatic nitrogens is 4. The molecule has 0 atom stereocenters. The standard InChI is InChI=1S/C22H20Cl2N6O3/c1-13-4-2-5-15(10-13)33-9-3-8-25-21(31)18-12-19-27-28-20(30(19)29-18)22(32)26-17-11-14(23)6-7-16(17)24/h2,4-7,10-12,29H,3,8-9H2,1H3,(H,25,31)(H,26,32). The summed E-state index contributed by atoms with van der Waals surface area (Å²) < 4.78 is 7.00. The number of anilines is 1. The molecule has 0 radical (unpaired) electrons. The zero-order valence-electron chi connectivity index (χ0n) is 17.6. The average Bonchev–Trinajstić information content (AvgIpc) is 3.37. The van der Waals surface area contributed by atoms with Crippen LogP contribution in [0.4, 0.5) is 5.69 Å². The molecule has 0 aliphatic heterocycles. The zero-order chi connectivity index (χ0) is 23.4. The SMILES string of the molecule is Cc1cccc(OCCCNC(=O)c2cc3nnc(C(=O)Nc4cc(Cl)ccc4Cl)n3[nH]2)c1. The number of benzene rings is 2. The summed E-state index contributed by atoms with van der Waals surface area (Å²) in [6, 6.07) is 14.0. The van der Waals surface area contributed by atoms with Crippen LogP contribution in [-0.2, 0) is 0 Å². The van der Waals surface area contributed by atoms with Gasteiger partial charge in [-0.15, -0.1) is 10.2 Å². The van der Waals surface area contributed by atoms with Gasteiger partial charge in [0.15, 0.2) is 5.65 Å². The summed E-state index contributed by atoms with van der Waals surface area (Å²) in [5.74, 6) is -0.134. The van der Waals surface area contributed by atoms with E-state index in [1.165, 1.54) is 16.6 Å². The molecule has 4 aromatic rings. The second-order valence-corrected chi connectivity index (χ2v) is 8.08. The van der Waals surface area contributed by atoms with E-state index in [0.717, 1.165) is 11.3 Å². The first-order valence-corrected chi connectivity index (χ1v) is 10.8. The molecular weight excluding hydrogens is 467 g/mol. The van der Waals surface area contributed by atoms with Crippen molar-refractivity contribution in [2.75, 3.05) is 18.5 Å². The third-order valence-electron chi connectivity index (χ3n) is 4.68. The number of carbonyl (C=O) groups is 2. The molecule has 0 aliphatic carbocycles. The maximum atomic E-state index is 12.6. The van der Waals surface area contributed by atoms with E-state index >= 15 is 0 Å². The van der Waals surface area contributed by atoms with Crippen molar-refractivity contribution in [2.24, 2.45) is 0 Å². The van der Waals surface area contributed by atoms with Crippen molar-refractivity contribution in [2.45, 2.75) is 13.3 Å². The molecule has 0 aliphatic rings. The first-order chi connectivity index (χ1) is 15.9. The summed E-state index contributed by atoms with van der Waals surface area (Å²) >= 11 is 12.0. The van der Waals surface area contributed by atoms with Crippen molar-refractivity contribution >= 4 is 46.4 Å². The Bertz CT molecular complexity index is 1320. The summed E-state index contributed by atoms with van der Waals surface area (Å²) in [6.07, 6.45) is 0.632. The van der Waals surface area contributed by atoms with Crippen LogP contribution in [0.5, 0.6) is 5.75 Å². The minimum Gasteiger partial charge on any atom is -0.494 e. The van der Waals surface area contributed by atoms with Crippen molar-refractivity contribution in [1.29, 1.82) is 0 Å². The van der Waals surface area contributed by atoms with Gasteiger partial charge in [0.1, 0.15) is 11.4 Å². The van der Waals surface area contributed by atoms with E-state index in [1.54, 1.807) is 12.1 Å². The molecule has 0 unspecified atom stereocenters. The van der Waals surface area contributed by atoms with Gasteiger partial charge in [0.25, 0.3) is 11.8 Å². The molecule has 11 heteroatoms. The number of halogens is 2. The van der Waals surface area contributed by atoms with E-state index in [2.05, 4.69) is 25.9 Å². The number of nitrogens with one attached hydrogen (secondary N) is 3. The molecule has 2 aromatic carbocycles. The molecule has 0 bridgehead atoms. The molecule has 0 saturated carbocycles. The second-order valence-electron chi connectivity index (χ2n) is 7.24. The summed E-state index contributed by atoms with van der Waals surface area (Å²) in [5.41, 5.74) is 2.03. The number of amides is 2. The van der Waals surface area contributed by atoms with E-state index in [-0.39, 0.29) is 17.4 Å². The van der Waals surface area contributed by atoms with Gasteiger partial charge in [-0.1, -0.05) is 35.3 Å². The Morgan fingerprint density at radius 3 is 2.76 bits per heavy atom. The number of H-pyrrole nitrogens is 1. The highest BCUT2D eigenvalue weighted by atomic mass is 35.5. The lowest BCUT2D eigenvalue weighted by molar-refractivity contribution is 0.0943. The van der Waals surface area contributed by atoms with Crippen molar-refractivity contribution in [1.82, 2.24) is 25.1 Å². The molecule has 33 heavy (non-hydrogen) atoms. The lowest BCUT2D eigenvalue weighted by atomic mass is 10.2. The van der Waals surface area contributed by atoms with Gasteiger partial charge in [-0.3, -0.25) is 14.7 Å². The Labute approximate surface area is 199 Å². The Kier molecular flexibility index (Phi) is 6.81. The van der Waals surface area contributed by atoms with E-state index < -0.39 is 5.91 Å². The molecule has 0 fully saturated rings. The van der Waals surface area contributed by atoms with Gasteiger partial charge in [0, 0.05) is 17.6 Å². The van der Waals surface area contributed by atoms with Crippen LogP contribution < -0.4 is 15.4 Å². The van der Waals surface area contributed by atoms with Crippen LogP contribution in [0.2, 0.25) is 10.0 Å². The minimum atomic E-state index is -0.561. The van der Waals surface area contributed by atoms with Crippen LogP contribution in [0.25, 0.3) is 5.65 Å². The number of aromatic amines is 1. The van der Waals surface area contributed by atoms with Crippen LogP contribution in [0.1, 0.15) is 33.1 Å². The van der Waals surface area contributed by atoms with E-state index in [9.17, 15) is 9.59 Å². The van der Waals surface area contributed by atoms with Crippen molar-refractivity contribution in [3.63, 3.8) is 0 Å². The quantitative estimate of drug-likeness (QED) is 0.324. The van der Waals surface area contributed by atoms with E-state index in [0.29, 0.717) is 41.0 Å². The number of rotatable bonds is 8. The molecular formula is C22H20Cl2N6O3. The first-order valence-electron chi connectivity index (χ1n) is 10.1. The van der Waals surface area contributed by atoms with Crippen LogP contribution in [0.15, 0.2) is 48.5 Å². The molecule has 0 spiro atoms. The zero-order valence-corrected chi connectivity index (χ0v) is 19.1. The van der Waals surface area contributed by atoms with Gasteiger partial charge in [-0.2, -0.15) is 0 Å². The third-order valence-corrected chi connectivity index (χ3v) is 5.25. The Hall–Kier alpha value is -3.56. The third kappa shape index (κ3) is 5.44. The minimum absolute atomic E-state index is 0.0355. The Balaban J connectivity index is 1.34. The summed E-state index contributed by atoms with van der Waals surface area (Å²) in [6.45, 7) is 2.89. The maximum Gasteiger partial charge on any atom is 0.295 e. The average molecular weight is 487 g/mol. The summed E-state index contributed by atoms with van der Waals surface area (Å²) in [7, 11) is 0. The maximum absolute atomic E-state index is 12.6. The molecule has 2 heterocycles. The van der Waals surface area contributed by atoms with Gasteiger partial charge in [0.2, 0.25) is 5.82 Å². The van der Waals surface area contributed by atoms with Gasteiger partial charge in [0.05, 0.1) is 17.3 Å². The summed E-state index contributed by atoms with van der Waals surface area (Å²) in [4.78, 5) is 25.1. The summed E-state index contributed by atoms with van der Waals surface area (Å²) in [5, 5.41) is 16.8. The fourth-order valence-corrected chi connectivity index (χ4v) is 3.42. The molecule has 0 saturated heterocycles. The smallest absolute Gasteiger partial charge is 0.295 e. The molecule has 170 valence electrons. The first kappa shape index (κ1) is 22.6. The lowest BCUT2D eigenvalue weighted by Gasteiger charge is -2.07. The topological polar surface area (TPSA) is 113 Å². The molecule has 3 N–H and O–H groups in total. The Morgan fingerprint density at radius 2 is 1.94 bits per heavy atom. The lowest BCUT2D eigenvalue weighted by Crippen LogP contribution is -2.26. The molecule has 4 rings (SSSR count). The van der Waals surface area contributed by atoms with Crippen LogP contribution >= 0.6 is 23.2 Å². The molecule has 2 amide bonds. The van der Waals surface area contributed by atoms with E-state index in [1.807, 2.05) is 31.2 Å². The number of fused-ring (bicyclic) bond motifs is 1. The highest BCUT2D eigenvalue weighted by Gasteiger charge is 2.19. The van der Waals surface area contributed by atoms with Crippen molar-refractivity contribution in [3.8, 4) is 5.75 Å². The number of nitrogens with zero attached hydrogens (tertiary/aromatic N) is 3. The highest BCUT2D eigenvalue weighted by Crippen LogP contribution is 2.25. The van der Waals surface area contributed by atoms with Gasteiger partial charge < -0.3 is 15.4 Å². The van der Waals surface area contributed by atoms with Crippen LogP contribution in [0.3, 0.4) is 0 Å². The number of hydrogen-bond donors (Lipinski definition) is 3. The predicted molar refractivity (Wildman–Crippen MR) is 125 cm³/mol. The van der Waals surface area contributed by atoms with Gasteiger partial charge in [-0.05, 0) is 49.2 Å². The van der Waals surface area contributed by atoms with Gasteiger partial charge in [-0.25, -0.2) is 4.52 Å². The Morgan fingerprint density at radius 1 is 1.09 bits per heavy atom. The van der Waals surface area contributed by atoms with E-state index in [4.69, 9.17) is 27.9 Å². The fraction of sp³-hybridized carbons (Fsp3) is 0.182. The number of aryl methyl sites for hydroxylation is 1. The van der Waals surface area contributed by atoms with Crippen molar-refractivity contribution in [3.05, 3.63) is 75.7 Å². The molecule has 2 aromatic heterocycles. The number of ether oxygens (including phenoxy) is 1. The largest absolute Gasteiger partial charge is 0.494 e. The van der Waals surface area contributed by atoms with Crippen LogP contribution in [0, 0.1) is 6.92 Å². The fourth-order valence-electron chi connectivity index (χ4n) is 3.08. The second kappa shape index (κ2) is 9.93. The van der Waals surface area contributed by atoms with Crippen LogP contribution in [-0.4, -0.2) is 44.8 Å². The highest BCUT2D eigenvalue weighted by molar-refractivity contribution is 6.35. The van der Waals surface area contributed by atoms with Crippen molar-refractivity contribution < 1.29 is 14.3 Å².